The Bertz CT molecular complexity index is 919. The summed E-state index contributed by atoms with van der Waals surface area (Å²) < 4.78 is 34.4. The van der Waals surface area contributed by atoms with Crippen LogP contribution in [0.25, 0.3) is 0 Å². The molecule has 2 aromatic carbocycles. The summed E-state index contributed by atoms with van der Waals surface area (Å²) in [4.78, 5) is 0.225. The molecule has 0 spiro atoms. The molecule has 0 saturated heterocycles. The van der Waals surface area contributed by atoms with E-state index in [-0.39, 0.29) is 19.9 Å². The first-order chi connectivity index (χ1) is 15.5. The molecule has 0 bridgehead atoms. The SMILES string of the molecule is CCCCCCCC/C([Se]c1ccccc1)=C(/CCCC)OS(=O)(=O)c1ccc(C)cc1. The zero-order valence-corrected chi connectivity index (χ0v) is 22.3. The van der Waals surface area contributed by atoms with Gasteiger partial charge in [0.25, 0.3) is 0 Å². The molecule has 5 heteroatoms. The van der Waals surface area contributed by atoms with E-state index in [9.17, 15) is 8.42 Å². The molecule has 2 aromatic rings. The fourth-order valence-electron chi connectivity index (χ4n) is 3.39. The maximum atomic E-state index is 13.1. The summed E-state index contributed by atoms with van der Waals surface area (Å²) in [6, 6.07) is 17.3. The summed E-state index contributed by atoms with van der Waals surface area (Å²) in [7, 11) is -3.83. The van der Waals surface area contributed by atoms with Gasteiger partial charge in [-0.1, -0.05) is 0 Å². The molecule has 0 aromatic heterocycles. The molecule has 0 unspecified atom stereocenters. The van der Waals surface area contributed by atoms with Crippen LogP contribution in [0.1, 0.15) is 83.6 Å². The van der Waals surface area contributed by atoms with Crippen molar-refractivity contribution in [3.05, 3.63) is 70.4 Å². The number of benzene rings is 2. The molecular formula is C27H38O3SSe. The minimum atomic E-state index is -3.83. The van der Waals surface area contributed by atoms with Gasteiger partial charge in [0.2, 0.25) is 0 Å². The van der Waals surface area contributed by atoms with Crippen molar-refractivity contribution >= 4 is 29.5 Å². The number of hydrogen-bond donors (Lipinski definition) is 0. The number of rotatable bonds is 15. The Morgan fingerprint density at radius 1 is 0.781 bits per heavy atom. The summed E-state index contributed by atoms with van der Waals surface area (Å²) >= 11 is 0.0521. The van der Waals surface area contributed by atoms with E-state index in [2.05, 4.69) is 38.1 Å². The molecule has 0 saturated carbocycles. The Kier molecular flexibility index (Phi) is 12.2. The van der Waals surface area contributed by atoms with Gasteiger partial charge in [0, 0.05) is 0 Å². The predicted octanol–water partition coefficient (Wildman–Crippen LogP) is 6.88. The molecule has 0 heterocycles. The van der Waals surface area contributed by atoms with Gasteiger partial charge < -0.3 is 0 Å². The van der Waals surface area contributed by atoms with Crippen molar-refractivity contribution < 1.29 is 12.6 Å². The zero-order chi connectivity index (χ0) is 23.2. The molecule has 0 atom stereocenters. The van der Waals surface area contributed by atoms with Crippen LogP contribution in [0, 0.1) is 6.92 Å². The van der Waals surface area contributed by atoms with Crippen molar-refractivity contribution in [3.8, 4) is 0 Å². The Balaban J connectivity index is 2.27. The molecule has 0 radical (unpaired) electrons. The van der Waals surface area contributed by atoms with Crippen LogP contribution in [0.5, 0.6) is 0 Å². The molecule has 0 aliphatic heterocycles. The summed E-state index contributed by atoms with van der Waals surface area (Å²) in [5.74, 6) is 0.671. The van der Waals surface area contributed by atoms with Crippen LogP contribution in [0.2, 0.25) is 0 Å². The van der Waals surface area contributed by atoms with Crippen LogP contribution in [-0.2, 0) is 14.3 Å². The van der Waals surface area contributed by atoms with Gasteiger partial charge in [-0.2, -0.15) is 0 Å². The van der Waals surface area contributed by atoms with Gasteiger partial charge in [0.05, 0.1) is 0 Å². The Labute approximate surface area is 202 Å². The normalized spacial score (nSPS) is 12.5. The number of allylic oxidation sites excluding steroid dienone is 2. The molecule has 176 valence electrons. The summed E-state index contributed by atoms with van der Waals surface area (Å²) in [5, 5.41) is 0. The molecule has 0 aliphatic rings. The number of hydrogen-bond acceptors (Lipinski definition) is 3. The monoisotopic (exact) mass is 522 g/mol. The zero-order valence-electron chi connectivity index (χ0n) is 19.8. The molecule has 0 aliphatic carbocycles. The van der Waals surface area contributed by atoms with Crippen molar-refractivity contribution in [1.82, 2.24) is 0 Å². The number of aryl methyl sites for hydroxylation is 1. The third-order valence-electron chi connectivity index (χ3n) is 5.33. The Hall–Kier alpha value is -1.55. The third-order valence-corrected chi connectivity index (χ3v) is 9.09. The van der Waals surface area contributed by atoms with Crippen LogP contribution in [-0.4, -0.2) is 23.4 Å². The first-order valence-corrected chi connectivity index (χ1v) is 15.0. The van der Waals surface area contributed by atoms with Gasteiger partial charge in [0.1, 0.15) is 0 Å². The van der Waals surface area contributed by atoms with Crippen LogP contribution < -0.4 is 4.46 Å². The summed E-state index contributed by atoms with van der Waals surface area (Å²) in [6.07, 6.45) is 10.8. The van der Waals surface area contributed by atoms with Gasteiger partial charge in [-0.25, -0.2) is 0 Å². The van der Waals surface area contributed by atoms with Crippen LogP contribution >= 0.6 is 0 Å². The molecule has 0 fully saturated rings. The van der Waals surface area contributed by atoms with Gasteiger partial charge in [-0.3, -0.25) is 0 Å². The van der Waals surface area contributed by atoms with Crippen molar-refractivity contribution in [2.45, 2.75) is 89.9 Å². The Morgan fingerprint density at radius 3 is 2.06 bits per heavy atom. The molecule has 0 amide bonds. The van der Waals surface area contributed by atoms with E-state index < -0.39 is 10.1 Å². The van der Waals surface area contributed by atoms with Crippen molar-refractivity contribution in [2.75, 3.05) is 0 Å². The average molecular weight is 522 g/mol. The van der Waals surface area contributed by atoms with Crippen molar-refractivity contribution in [3.63, 3.8) is 0 Å². The average Bonchev–Trinajstić information content (AvgIpc) is 2.79. The molecule has 32 heavy (non-hydrogen) atoms. The van der Waals surface area contributed by atoms with Crippen LogP contribution in [0.4, 0.5) is 0 Å². The third kappa shape index (κ3) is 9.52. The van der Waals surface area contributed by atoms with Gasteiger partial charge in [-0.15, -0.1) is 0 Å². The topological polar surface area (TPSA) is 43.4 Å². The van der Waals surface area contributed by atoms with E-state index in [0.29, 0.717) is 12.2 Å². The second-order valence-corrected chi connectivity index (χ2v) is 12.2. The van der Waals surface area contributed by atoms with Gasteiger partial charge in [-0.05, 0) is 0 Å². The predicted molar refractivity (Wildman–Crippen MR) is 136 cm³/mol. The fourth-order valence-corrected chi connectivity index (χ4v) is 6.80. The molecule has 0 N–H and O–H groups in total. The summed E-state index contributed by atoms with van der Waals surface area (Å²) in [5.41, 5.74) is 1.03. The first-order valence-electron chi connectivity index (χ1n) is 11.9. The summed E-state index contributed by atoms with van der Waals surface area (Å²) in [6.45, 7) is 6.31. The maximum absolute atomic E-state index is 13.1. The van der Waals surface area contributed by atoms with E-state index in [1.54, 1.807) is 12.1 Å². The quantitative estimate of drug-likeness (QED) is 0.111. The van der Waals surface area contributed by atoms with Crippen LogP contribution in [0.15, 0.2) is 69.7 Å². The van der Waals surface area contributed by atoms with Crippen LogP contribution in [0.3, 0.4) is 0 Å². The second-order valence-electron chi connectivity index (χ2n) is 8.23. The first kappa shape index (κ1) is 26.7. The second kappa shape index (κ2) is 14.6. The van der Waals surface area contributed by atoms with E-state index in [1.165, 1.54) is 41.0 Å². The standard InChI is InChI=1S/C27H38O3SSe/c1-4-6-8-9-10-14-18-27(32-25-15-12-11-13-16-25)26(17-7-5-2)30-31(28,29)24-21-19-23(3)20-22-24/h11-13,15-16,19-22H,4-10,14,17-18H2,1-3H3/b27-26+. The van der Waals surface area contributed by atoms with Gasteiger partial charge in [0.15, 0.2) is 0 Å². The minimum absolute atomic E-state index is 0.0521. The van der Waals surface area contributed by atoms with Gasteiger partial charge >= 0.3 is 202 Å². The van der Waals surface area contributed by atoms with Crippen molar-refractivity contribution in [2.24, 2.45) is 0 Å². The molecular weight excluding hydrogens is 483 g/mol. The van der Waals surface area contributed by atoms with Crippen molar-refractivity contribution in [1.29, 1.82) is 0 Å². The Morgan fingerprint density at radius 2 is 1.41 bits per heavy atom. The molecule has 3 nitrogen and oxygen atoms in total. The van der Waals surface area contributed by atoms with E-state index in [4.69, 9.17) is 4.18 Å². The number of unbranched alkanes of at least 4 members (excludes halogenated alkanes) is 6. The molecule has 2 rings (SSSR count). The fraction of sp³-hybridized carbons (Fsp3) is 0.481. The van der Waals surface area contributed by atoms with E-state index in [0.717, 1.165) is 31.2 Å². The van der Waals surface area contributed by atoms with E-state index >= 15 is 0 Å². The van der Waals surface area contributed by atoms with E-state index in [1.807, 2.05) is 25.1 Å².